The lowest BCUT2D eigenvalue weighted by atomic mass is 10.1. The van der Waals surface area contributed by atoms with E-state index in [1.54, 1.807) is 0 Å². The van der Waals surface area contributed by atoms with E-state index in [-0.39, 0.29) is 0 Å². The number of halogens is 1. The van der Waals surface area contributed by atoms with Gasteiger partial charge < -0.3 is 4.98 Å². The molecule has 0 aliphatic rings. The van der Waals surface area contributed by atoms with Crippen LogP contribution in [-0.4, -0.2) is 15.0 Å². The molecule has 1 aromatic carbocycles. The third-order valence-corrected chi connectivity index (χ3v) is 4.15. The van der Waals surface area contributed by atoms with E-state index >= 15 is 0 Å². The summed E-state index contributed by atoms with van der Waals surface area (Å²) in [4.78, 5) is 12.4. The Morgan fingerprint density at radius 3 is 2.42 bits per heavy atom. The Hall–Kier alpha value is -1.87. The minimum atomic E-state index is 0.461. The Bertz CT molecular complexity index is 788. The van der Waals surface area contributed by atoms with Gasteiger partial charge in [-0.1, -0.05) is 52.6 Å². The van der Waals surface area contributed by atoms with Crippen molar-refractivity contribution in [3.8, 4) is 11.3 Å². The maximum atomic E-state index is 6.45. The summed E-state index contributed by atoms with van der Waals surface area (Å²) in [6, 6.07) is 6.22. The maximum Gasteiger partial charge on any atom is 0.0901 e. The molecule has 24 heavy (non-hydrogen) atoms. The first-order chi connectivity index (χ1) is 11.6. The van der Waals surface area contributed by atoms with Crippen molar-refractivity contribution in [3.63, 3.8) is 0 Å². The summed E-state index contributed by atoms with van der Waals surface area (Å²) in [5.74, 6) is 0.461. The number of nitrogens with one attached hydrogen (secondary N) is 1. The molecule has 2 heterocycles. The number of hydrogen-bond acceptors (Lipinski definition) is 2. The monoisotopic (exact) mass is 343 g/mol. The van der Waals surface area contributed by atoms with Crippen molar-refractivity contribution in [2.24, 2.45) is 0 Å². The van der Waals surface area contributed by atoms with Gasteiger partial charge in [-0.25, -0.2) is 0 Å². The molecule has 0 radical (unpaired) electrons. The van der Waals surface area contributed by atoms with Gasteiger partial charge in [0.2, 0.25) is 0 Å². The Kier molecular flexibility index (Phi) is 6.38. The van der Waals surface area contributed by atoms with Gasteiger partial charge in [-0.2, -0.15) is 0 Å². The third kappa shape index (κ3) is 3.96. The summed E-state index contributed by atoms with van der Waals surface area (Å²) >= 11 is 6.45. The van der Waals surface area contributed by atoms with Gasteiger partial charge in [0.05, 0.1) is 22.6 Å². The van der Waals surface area contributed by atoms with E-state index in [2.05, 4.69) is 47.9 Å². The number of aromatic amines is 1. The molecule has 0 amide bonds. The summed E-state index contributed by atoms with van der Waals surface area (Å²) in [6.45, 7) is 10.5. The number of aryl methyl sites for hydroxylation is 1. The van der Waals surface area contributed by atoms with Crippen LogP contribution in [0.15, 0.2) is 30.6 Å². The van der Waals surface area contributed by atoms with Crippen molar-refractivity contribution in [1.82, 2.24) is 15.0 Å². The lowest BCUT2D eigenvalue weighted by Gasteiger charge is -2.05. The average Bonchev–Trinajstić information content (AvgIpc) is 3.00. The number of aromatic nitrogens is 3. The molecule has 0 unspecified atom stereocenters. The van der Waals surface area contributed by atoms with E-state index in [0.717, 1.165) is 40.7 Å². The van der Waals surface area contributed by atoms with Gasteiger partial charge in [-0.15, -0.1) is 0 Å². The largest absolute Gasteiger partial charge is 0.358 e. The zero-order valence-electron chi connectivity index (χ0n) is 15.2. The van der Waals surface area contributed by atoms with Crippen LogP contribution in [0.5, 0.6) is 0 Å². The molecule has 1 N–H and O–H groups in total. The topological polar surface area (TPSA) is 41.6 Å². The minimum Gasteiger partial charge on any atom is -0.358 e. The number of fused-ring (bicyclic) bond motifs is 1. The molecule has 2 aromatic heterocycles. The average molecular weight is 344 g/mol. The standard InChI is InChI=1S/C18H20ClN3.C2H6/c1-4-5-13-9-21-18(10-20-13)14-8-17-12(6-15(14)19)7-16(22-17)11(2)3;1-2/h6-11,22H,4-5H2,1-3H3;1-2H3. The number of hydrogen-bond donors (Lipinski definition) is 1. The SMILES string of the molecule is CC.CCCc1cnc(-c2cc3[nH]c(C(C)C)cc3cc2Cl)cn1. The van der Waals surface area contributed by atoms with Crippen LogP contribution in [0.25, 0.3) is 22.2 Å². The summed E-state index contributed by atoms with van der Waals surface area (Å²) in [5.41, 5.74) is 5.05. The highest BCUT2D eigenvalue weighted by molar-refractivity contribution is 6.34. The van der Waals surface area contributed by atoms with Gasteiger partial charge in [0, 0.05) is 28.4 Å². The molecule has 3 rings (SSSR count). The van der Waals surface area contributed by atoms with Crippen LogP contribution in [0.4, 0.5) is 0 Å². The highest BCUT2D eigenvalue weighted by Crippen LogP contribution is 2.32. The maximum absolute atomic E-state index is 6.45. The summed E-state index contributed by atoms with van der Waals surface area (Å²) in [7, 11) is 0. The number of H-pyrrole nitrogens is 1. The van der Waals surface area contributed by atoms with Crippen molar-refractivity contribution in [3.05, 3.63) is 47.0 Å². The minimum absolute atomic E-state index is 0.461. The molecule has 0 saturated heterocycles. The second kappa shape index (κ2) is 8.29. The third-order valence-electron chi connectivity index (χ3n) is 3.84. The van der Waals surface area contributed by atoms with E-state index < -0.39 is 0 Å². The number of nitrogens with zero attached hydrogens (tertiary/aromatic N) is 2. The van der Waals surface area contributed by atoms with E-state index in [0.29, 0.717) is 10.9 Å². The molecule has 0 atom stereocenters. The van der Waals surface area contributed by atoms with Crippen LogP contribution in [0.3, 0.4) is 0 Å². The first-order valence-electron chi connectivity index (χ1n) is 8.72. The Morgan fingerprint density at radius 1 is 1.08 bits per heavy atom. The highest BCUT2D eigenvalue weighted by Gasteiger charge is 2.11. The van der Waals surface area contributed by atoms with Gasteiger partial charge in [0.1, 0.15) is 0 Å². The molecule has 3 aromatic rings. The van der Waals surface area contributed by atoms with Crippen molar-refractivity contribution in [2.75, 3.05) is 0 Å². The Labute approximate surface area is 149 Å². The fraction of sp³-hybridized carbons (Fsp3) is 0.400. The van der Waals surface area contributed by atoms with E-state index in [4.69, 9.17) is 11.6 Å². The molecule has 0 aliphatic carbocycles. The van der Waals surface area contributed by atoms with Crippen LogP contribution in [0.1, 0.15) is 58.3 Å². The molecule has 3 nitrogen and oxygen atoms in total. The fourth-order valence-electron chi connectivity index (χ4n) is 2.56. The lowest BCUT2D eigenvalue weighted by Crippen LogP contribution is -1.93. The fourth-order valence-corrected chi connectivity index (χ4v) is 2.83. The van der Waals surface area contributed by atoms with Gasteiger partial charge in [-0.3, -0.25) is 9.97 Å². The molecule has 0 fully saturated rings. The molecule has 4 heteroatoms. The lowest BCUT2D eigenvalue weighted by molar-refractivity contribution is 0.836. The quantitative estimate of drug-likeness (QED) is 0.597. The second-order valence-electron chi connectivity index (χ2n) is 5.94. The van der Waals surface area contributed by atoms with Crippen LogP contribution >= 0.6 is 11.6 Å². The Balaban J connectivity index is 0.00000100. The van der Waals surface area contributed by atoms with Crippen molar-refractivity contribution >= 4 is 22.5 Å². The summed E-state index contributed by atoms with van der Waals surface area (Å²) in [5, 5.41) is 1.84. The van der Waals surface area contributed by atoms with Crippen LogP contribution in [0.2, 0.25) is 5.02 Å². The van der Waals surface area contributed by atoms with Crippen LogP contribution < -0.4 is 0 Å². The van der Waals surface area contributed by atoms with Crippen molar-refractivity contribution < 1.29 is 0 Å². The molecule has 0 bridgehead atoms. The van der Waals surface area contributed by atoms with Gasteiger partial charge in [-0.05, 0) is 30.5 Å². The molecular weight excluding hydrogens is 318 g/mol. The second-order valence-corrected chi connectivity index (χ2v) is 6.35. The molecular formula is C20H26ClN3. The van der Waals surface area contributed by atoms with E-state index in [1.807, 2.05) is 32.3 Å². The molecule has 0 aliphatic heterocycles. The zero-order chi connectivity index (χ0) is 17.7. The highest BCUT2D eigenvalue weighted by atomic mass is 35.5. The first-order valence-corrected chi connectivity index (χ1v) is 9.09. The normalized spacial score (nSPS) is 10.8. The van der Waals surface area contributed by atoms with Crippen molar-refractivity contribution in [2.45, 2.75) is 53.4 Å². The number of benzene rings is 1. The van der Waals surface area contributed by atoms with Gasteiger partial charge in [0.25, 0.3) is 0 Å². The molecule has 0 saturated carbocycles. The van der Waals surface area contributed by atoms with Crippen molar-refractivity contribution in [1.29, 1.82) is 0 Å². The van der Waals surface area contributed by atoms with Gasteiger partial charge in [0.15, 0.2) is 0 Å². The predicted octanol–water partition coefficient (Wildman–Crippen LogP) is 6.38. The number of rotatable bonds is 4. The summed E-state index contributed by atoms with van der Waals surface area (Å²) in [6.07, 6.45) is 5.67. The van der Waals surface area contributed by atoms with E-state index in [1.165, 1.54) is 5.69 Å². The zero-order valence-corrected chi connectivity index (χ0v) is 15.9. The Morgan fingerprint density at radius 2 is 1.83 bits per heavy atom. The molecule has 128 valence electrons. The summed E-state index contributed by atoms with van der Waals surface area (Å²) < 4.78 is 0. The smallest absolute Gasteiger partial charge is 0.0901 e. The van der Waals surface area contributed by atoms with Crippen LogP contribution in [-0.2, 0) is 6.42 Å². The predicted molar refractivity (Wildman–Crippen MR) is 104 cm³/mol. The van der Waals surface area contributed by atoms with Crippen LogP contribution in [0, 0.1) is 0 Å². The molecule has 0 spiro atoms. The first kappa shape index (κ1) is 18.5. The van der Waals surface area contributed by atoms with Gasteiger partial charge >= 0.3 is 0 Å². The van der Waals surface area contributed by atoms with E-state index in [9.17, 15) is 0 Å².